The first kappa shape index (κ1) is 12.7. The van der Waals surface area contributed by atoms with Crippen LogP contribution in [0.4, 0.5) is 5.82 Å². The number of para-hydroxylation sites is 2. The summed E-state index contributed by atoms with van der Waals surface area (Å²) in [4.78, 5) is 12.5. The maximum absolute atomic E-state index is 5.63. The minimum Gasteiger partial charge on any atom is -0.490 e. The summed E-state index contributed by atoms with van der Waals surface area (Å²) in [6, 6.07) is 7.54. The Hall–Kier alpha value is -2.32. The summed E-state index contributed by atoms with van der Waals surface area (Å²) in [5.41, 5.74) is 3.97. The average Bonchev–Trinajstić information content (AvgIpc) is 2.89. The van der Waals surface area contributed by atoms with Crippen molar-refractivity contribution < 1.29 is 9.15 Å². The van der Waals surface area contributed by atoms with Crippen LogP contribution < -0.4 is 16.0 Å². The van der Waals surface area contributed by atoms with Gasteiger partial charge in [0.15, 0.2) is 22.2 Å². The van der Waals surface area contributed by atoms with E-state index in [9.17, 15) is 0 Å². The van der Waals surface area contributed by atoms with E-state index in [4.69, 9.17) is 15.0 Å². The highest BCUT2D eigenvalue weighted by atomic mass is 32.2. The van der Waals surface area contributed by atoms with Gasteiger partial charge in [0.2, 0.25) is 0 Å². The molecule has 2 aromatic heterocycles. The van der Waals surface area contributed by atoms with E-state index < -0.39 is 0 Å². The lowest BCUT2D eigenvalue weighted by Gasteiger charge is -2.08. The van der Waals surface area contributed by atoms with Crippen LogP contribution in [0.15, 0.2) is 45.3 Å². The van der Waals surface area contributed by atoms with Crippen LogP contribution in [-0.4, -0.2) is 22.1 Å². The van der Waals surface area contributed by atoms with Gasteiger partial charge in [0, 0.05) is 0 Å². The summed E-state index contributed by atoms with van der Waals surface area (Å²) in [7, 11) is 1.52. The predicted molar refractivity (Wildman–Crippen MR) is 74.5 cm³/mol. The molecule has 7 nitrogen and oxygen atoms in total. The van der Waals surface area contributed by atoms with Crippen molar-refractivity contribution in [3.8, 4) is 5.75 Å². The Morgan fingerprint density at radius 2 is 2.15 bits per heavy atom. The summed E-state index contributed by atoms with van der Waals surface area (Å²) in [5, 5.41) is 1.05. The largest absolute Gasteiger partial charge is 0.490 e. The molecule has 1 aromatic carbocycles. The quantitative estimate of drug-likeness (QED) is 0.428. The molecule has 0 fully saturated rings. The molecule has 20 heavy (non-hydrogen) atoms. The van der Waals surface area contributed by atoms with Crippen molar-refractivity contribution in [1.82, 2.24) is 15.0 Å². The van der Waals surface area contributed by atoms with Crippen LogP contribution in [0.25, 0.3) is 11.1 Å². The molecule has 0 radical (unpaired) electrons. The Morgan fingerprint density at radius 1 is 1.30 bits per heavy atom. The number of methoxy groups -OCH3 is 1. The molecular formula is C12H11N5O2S. The van der Waals surface area contributed by atoms with Crippen LogP contribution in [0, 0.1) is 0 Å². The van der Waals surface area contributed by atoms with Gasteiger partial charge in [-0.2, -0.15) is 0 Å². The molecule has 0 amide bonds. The van der Waals surface area contributed by atoms with Crippen LogP contribution in [0.1, 0.15) is 0 Å². The number of nitrogens with zero attached hydrogens (tertiary/aromatic N) is 3. The van der Waals surface area contributed by atoms with Gasteiger partial charge in [-0.05, 0) is 23.9 Å². The van der Waals surface area contributed by atoms with E-state index in [1.165, 1.54) is 25.2 Å². The lowest BCUT2D eigenvalue weighted by molar-refractivity contribution is 0.399. The highest BCUT2D eigenvalue weighted by Crippen LogP contribution is 2.36. The van der Waals surface area contributed by atoms with Crippen molar-refractivity contribution in [2.45, 2.75) is 10.2 Å². The smallest absolute Gasteiger partial charge is 0.263 e. The van der Waals surface area contributed by atoms with Crippen molar-refractivity contribution in [2.75, 3.05) is 12.5 Å². The van der Waals surface area contributed by atoms with Crippen LogP contribution in [-0.2, 0) is 0 Å². The van der Waals surface area contributed by atoms with Crippen molar-refractivity contribution in [3.05, 3.63) is 30.6 Å². The molecule has 0 saturated heterocycles. The number of benzene rings is 1. The van der Waals surface area contributed by atoms with Crippen LogP contribution in [0.2, 0.25) is 0 Å². The zero-order valence-electron chi connectivity index (χ0n) is 10.5. The van der Waals surface area contributed by atoms with Gasteiger partial charge in [-0.3, -0.25) is 0 Å². The van der Waals surface area contributed by atoms with Crippen molar-refractivity contribution in [2.24, 2.45) is 5.84 Å². The first-order valence-electron chi connectivity index (χ1n) is 5.71. The fourth-order valence-electron chi connectivity index (χ4n) is 1.69. The second-order valence-electron chi connectivity index (χ2n) is 3.75. The average molecular weight is 289 g/mol. The molecule has 3 N–H and O–H groups in total. The number of hydrazine groups is 1. The minimum atomic E-state index is 0.404. The molecule has 102 valence electrons. The number of nitrogen functional groups attached to an aromatic ring is 1. The lowest BCUT2D eigenvalue weighted by Crippen LogP contribution is -2.10. The fraction of sp³-hybridized carbons (Fsp3) is 0.0833. The van der Waals surface area contributed by atoms with Crippen LogP contribution in [0.5, 0.6) is 5.75 Å². The molecule has 0 atom stereocenters. The van der Waals surface area contributed by atoms with Gasteiger partial charge < -0.3 is 14.6 Å². The maximum atomic E-state index is 5.63. The normalized spacial score (nSPS) is 10.7. The number of rotatable bonds is 4. The molecule has 0 aliphatic heterocycles. The fourth-order valence-corrected chi connectivity index (χ4v) is 2.51. The molecular weight excluding hydrogens is 278 g/mol. The van der Waals surface area contributed by atoms with Crippen molar-refractivity contribution in [1.29, 1.82) is 0 Å². The molecule has 0 aliphatic carbocycles. The number of hydrogen-bond acceptors (Lipinski definition) is 8. The molecule has 0 aliphatic rings. The van der Waals surface area contributed by atoms with Gasteiger partial charge in [-0.25, -0.2) is 20.8 Å². The topological polar surface area (TPSA) is 99.1 Å². The number of anilines is 1. The van der Waals surface area contributed by atoms with E-state index in [1.807, 2.05) is 24.3 Å². The van der Waals surface area contributed by atoms with Crippen LogP contribution >= 0.6 is 11.8 Å². The number of fused-ring (bicyclic) bond motifs is 1. The number of nitrogens with two attached hydrogens (primary N) is 1. The number of oxazole rings is 1. The van der Waals surface area contributed by atoms with E-state index >= 15 is 0 Å². The first-order valence-corrected chi connectivity index (χ1v) is 6.52. The van der Waals surface area contributed by atoms with Gasteiger partial charge in [0.25, 0.3) is 5.22 Å². The molecule has 0 spiro atoms. The molecule has 3 rings (SSSR count). The Balaban J connectivity index is 1.98. The SMILES string of the molecule is COc1c(NN)ncnc1Sc1nc2ccccc2o1. The summed E-state index contributed by atoms with van der Waals surface area (Å²) in [5.74, 6) is 6.23. The Bertz CT molecular complexity index is 713. The maximum Gasteiger partial charge on any atom is 0.263 e. The molecule has 0 bridgehead atoms. The number of ether oxygens (including phenoxy) is 1. The number of nitrogens with one attached hydrogen (secondary N) is 1. The highest BCUT2D eigenvalue weighted by Gasteiger charge is 2.15. The number of aromatic nitrogens is 3. The van der Waals surface area contributed by atoms with E-state index in [2.05, 4.69) is 20.4 Å². The highest BCUT2D eigenvalue weighted by molar-refractivity contribution is 7.99. The molecule has 3 aromatic rings. The zero-order chi connectivity index (χ0) is 13.9. The van der Waals surface area contributed by atoms with E-state index in [-0.39, 0.29) is 0 Å². The standard InChI is InChI=1S/C12H11N5O2S/c1-18-9-10(17-13)14-6-15-11(9)20-12-16-7-4-2-3-5-8(7)19-12/h2-6H,13H2,1H3,(H,14,15,17). The monoisotopic (exact) mass is 289 g/mol. The van der Waals surface area contributed by atoms with Gasteiger partial charge >= 0.3 is 0 Å². The Labute approximate surface area is 118 Å². The van der Waals surface area contributed by atoms with Gasteiger partial charge in [-0.1, -0.05) is 12.1 Å². The third kappa shape index (κ3) is 2.26. The lowest BCUT2D eigenvalue weighted by atomic mass is 10.3. The third-order valence-electron chi connectivity index (χ3n) is 2.57. The second kappa shape index (κ2) is 5.35. The van der Waals surface area contributed by atoms with E-state index in [0.717, 1.165) is 11.1 Å². The molecule has 8 heteroatoms. The van der Waals surface area contributed by atoms with Gasteiger partial charge in [-0.15, -0.1) is 0 Å². The third-order valence-corrected chi connectivity index (χ3v) is 3.40. The van der Waals surface area contributed by atoms with Gasteiger partial charge in [0.1, 0.15) is 11.8 Å². The van der Waals surface area contributed by atoms with Crippen molar-refractivity contribution in [3.63, 3.8) is 0 Å². The van der Waals surface area contributed by atoms with E-state index in [1.54, 1.807) is 0 Å². The second-order valence-corrected chi connectivity index (χ2v) is 4.69. The summed E-state index contributed by atoms with van der Waals surface area (Å²) < 4.78 is 10.9. The molecule has 0 saturated carbocycles. The van der Waals surface area contributed by atoms with Crippen molar-refractivity contribution >= 4 is 28.7 Å². The summed E-state index contributed by atoms with van der Waals surface area (Å²) in [6.07, 6.45) is 1.39. The minimum absolute atomic E-state index is 0.404. The molecule has 2 heterocycles. The predicted octanol–water partition coefficient (Wildman–Crippen LogP) is 2.06. The van der Waals surface area contributed by atoms with Gasteiger partial charge in [0.05, 0.1) is 7.11 Å². The Kier molecular flexibility index (Phi) is 3.40. The van der Waals surface area contributed by atoms with Crippen LogP contribution in [0.3, 0.4) is 0 Å². The Morgan fingerprint density at radius 3 is 2.90 bits per heavy atom. The molecule has 0 unspecified atom stereocenters. The summed E-state index contributed by atoms with van der Waals surface area (Å²) >= 11 is 1.24. The summed E-state index contributed by atoms with van der Waals surface area (Å²) in [6.45, 7) is 0. The first-order chi connectivity index (χ1) is 9.81. The number of hydrogen-bond donors (Lipinski definition) is 2. The van der Waals surface area contributed by atoms with E-state index in [0.29, 0.717) is 21.8 Å². The zero-order valence-corrected chi connectivity index (χ0v) is 11.3.